The summed E-state index contributed by atoms with van der Waals surface area (Å²) < 4.78 is 5.73. The highest BCUT2D eigenvalue weighted by Gasteiger charge is 2.19. The van der Waals surface area contributed by atoms with E-state index in [4.69, 9.17) is 16.0 Å². The Kier molecular flexibility index (Phi) is 3.92. The number of carbonyl (C=O) groups excluding carboxylic acids is 2. The van der Waals surface area contributed by atoms with E-state index < -0.39 is 0 Å². The first-order chi connectivity index (χ1) is 11.0. The minimum Gasteiger partial charge on any atom is -0.452 e. The molecule has 0 atom stereocenters. The minimum absolute atomic E-state index is 0.162. The summed E-state index contributed by atoms with van der Waals surface area (Å²) >= 11 is 5.85. The first-order valence-corrected chi connectivity index (χ1v) is 7.44. The Balaban J connectivity index is 2.04. The van der Waals surface area contributed by atoms with Crippen molar-refractivity contribution in [2.45, 2.75) is 13.8 Å². The number of ketones is 1. The van der Waals surface area contributed by atoms with Gasteiger partial charge in [0.15, 0.2) is 5.76 Å². The van der Waals surface area contributed by atoms with Gasteiger partial charge in [-0.05, 0) is 43.3 Å². The Labute approximate surface area is 138 Å². The highest BCUT2D eigenvalue weighted by Crippen LogP contribution is 2.29. The van der Waals surface area contributed by atoms with Crippen molar-refractivity contribution in [2.75, 3.05) is 5.32 Å². The van der Waals surface area contributed by atoms with Crippen LogP contribution in [-0.4, -0.2) is 11.7 Å². The van der Waals surface area contributed by atoms with Gasteiger partial charge in [-0.25, -0.2) is 0 Å². The van der Waals surface area contributed by atoms with E-state index in [0.29, 0.717) is 27.6 Å². The fraction of sp³-hybridized carbons (Fsp3) is 0.111. The number of halogens is 1. The summed E-state index contributed by atoms with van der Waals surface area (Å²) in [5.74, 6) is -0.0659. The van der Waals surface area contributed by atoms with Crippen molar-refractivity contribution in [1.29, 1.82) is 0 Å². The van der Waals surface area contributed by atoms with Crippen molar-refractivity contribution < 1.29 is 14.0 Å². The molecule has 0 saturated heterocycles. The second-order valence-electron chi connectivity index (χ2n) is 5.28. The molecule has 4 nitrogen and oxygen atoms in total. The molecule has 23 heavy (non-hydrogen) atoms. The molecule has 0 saturated carbocycles. The molecule has 0 unspecified atom stereocenters. The molecule has 0 aliphatic carbocycles. The van der Waals surface area contributed by atoms with Crippen LogP contribution in [-0.2, 0) is 4.79 Å². The predicted octanol–water partition coefficient (Wildman–Crippen LogP) is 4.58. The molecule has 1 N–H and O–H groups in total. The van der Waals surface area contributed by atoms with Gasteiger partial charge >= 0.3 is 0 Å². The highest BCUT2D eigenvalue weighted by atomic mass is 35.5. The third kappa shape index (κ3) is 2.98. The Morgan fingerprint density at radius 1 is 1.09 bits per heavy atom. The van der Waals surface area contributed by atoms with E-state index >= 15 is 0 Å². The molecule has 0 spiro atoms. The van der Waals surface area contributed by atoms with E-state index in [0.717, 1.165) is 10.9 Å². The van der Waals surface area contributed by atoms with E-state index in [1.54, 1.807) is 36.4 Å². The molecule has 116 valence electrons. The fourth-order valence-corrected chi connectivity index (χ4v) is 2.58. The molecular formula is C18H14ClNO3. The third-order valence-electron chi connectivity index (χ3n) is 3.57. The van der Waals surface area contributed by atoms with Crippen LogP contribution in [0.15, 0.2) is 46.9 Å². The summed E-state index contributed by atoms with van der Waals surface area (Å²) in [7, 11) is 0. The number of hydrogen-bond donors (Lipinski definition) is 1. The van der Waals surface area contributed by atoms with Gasteiger partial charge in [0.1, 0.15) is 5.58 Å². The third-order valence-corrected chi connectivity index (χ3v) is 3.82. The lowest BCUT2D eigenvalue weighted by Gasteiger charge is -2.00. The number of anilines is 1. The number of fused-ring (bicyclic) bond motifs is 1. The quantitative estimate of drug-likeness (QED) is 0.716. The smallest absolute Gasteiger partial charge is 0.228 e. The molecule has 2 aromatic carbocycles. The van der Waals surface area contributed by atoms with Gasteiger partial charge < -0.3 is 9.73 Å². The first kappa shape index (κ1) is 15.3. The summed E-state index contributed by atoms with van der Waals surface area (Å²) in [5.41, 5.74) is 2.48. The second-order valence-corrected chi connectivity index (χ2v) is 5.72. The molecule has 0 radical (unpaired) electrons. The van der Waals surface area contributed by atoms with Gasteiger partial charge in [-0.15, -0.1) is 0 Å². The average Bonchev–Trinajstić information content (AvgIpc) is 2.83. The lowest BCUT2D eigenvalue weighted by Crippen LogP contribution is -2.05. The average molecular weight is 328 g/mol. The minimum atomic E-state index is -0.198. The highest BCUT2D eigenvalue weighted by molar-refractivity contribution is 6.30. The molecule has 1 heterocycles. The zero-order valence-electron chi connectivity index (χ0n) is 12.6. The van der Waals surface area contributed by atoms with Crippen LogP contribution in [0.4, 0.5) is 5.69 Å². The molecule has 0 fully saturated rings. The van der Waals surface area contributed by atoms with Crippen LogP contribution >= 0.6 is 11.6 Å². The predicted molar refractivity (Wildman–Crippen MR) is 90.1 cm³/mol. The van der Waals surface area contributed by atoms with Crippen LogP contribution in [0.1, 0.15) is 28.6 Å². The first-order valence-electron chi connectivity index (χ1n) is 7.06. The van der Waals surface area contributed by atoms with Crippen molar-refractivity contribution in [1.82, 2.24) is 0 Å². The van der Waals surface area contributed by atoms with Gasteiger partial charge in [0.25, 0.3) is 0 Å². The Bertz CT molecular complexity index is 910. The molecule has 0 bridgehead atoms. The zero-order chi connectivity index (χ0) is 16.6. The van der Waals surface area contributed by atoms with Crippen molar-refractivity contribution in [3.8, 4) is 0 Å². The molecular weight excluding hydrogens is 314 g/mol. The van der Waals surface area contributed by atoms with Gasteiger partial charge in [-0.3, -0.25) is 9.59 Å². The molecule has 3 aromatic rings. The normalized spacial score (nSPS) is 10.7. The topological polar surface area (TPSA) is 59.3 Å². The number of nitrogens with one attached hydrogen (secondary N) is 1. The van der Waals surface area contributed by atoms with Crippen LogP contribution in [0.2, 0.25) is 5.02 Å². The zero-order valence-corrected chi connectivity index (χ0v) is 13.4. The molecule has 1 aromatic heterocycles. The maximum Gasteiger partial charge on any atom is 0.228 e. The lowest BCUT2D eigenvalue weighted by molar-refractivity contribution is -0.114. The summed E-state index contributed by atoms with van der Waals surface area (Å²) in [6, 6.07) is 12.0. The number of amides is 1. The molecule has 1 amide bonds. The van der Waals surface area contributed by atoms with E-state index in [1.807, 2.05) is 13.0 Å². The van der Waals surface area contributed by atoms with Crippen LogP contribution in [0.25, 0.3) is 11.0 Å². The van der Waals surface area contributed by atoms with Crippen molar-refractivity contribution in [3.05, 3.63) is 64.4 Å². The molecule has 0 aliphatic heterocycles. The summed E-state index contributed by atoms with van der Waals surface area (Å²) in [4.78, 5) is 23.7. The summed E-state index contributed by atoms with van der Waals surface area (Å²) in [6.45, 7) is 3.28. The van der Waals surface area contributed by atoms with Crippen LogP contribution in [0, 0.1) is 6.92 Å². The van der Waals surface area contributed by atoms with Crippen LogP contribution < -0.4 is 5.32 Å². The molecule has 0 aliphatic rings. The van der Waals surface area contributed by atoms with E-state index in [1.165, 1.54) is 6.92 Å². The summed E-state index contributed by atoms with van der Waals surface area (Å²) in [6.07, 6.45) is 0. The van der Waals surface area contributed by atoms with Gasteiger partial charge in [0.2, 0.25) is 11.7 Å². The van der Waals surface area contributed by atoms with Gasteiger partial charge in [-0.1, -0.05) is 11.6 Å². The van der Waals surface area contributed by atoms with Crippen molar-refractivity contribution >= 4 is 39.9 Å². The number of furan rings is 1. The number of carbonyl (C=O) groups is 2. The summed E-state index contributed by atoms with van der Waals surface area (Å²) in [5, 5.41) is 4.11. The van der Waals surface area contributed by atoms with E-state index in [-0.39, 0.29) is 11.7 Å². The number of rotatable bonds is 3. The van der Waals surface area contributed by atoms with Gasteiger partial charge in [0.05, 0.1) is 0 Å². The maximum atomic E-state index is 12.6. The van der Waals surface area contributed by atoms with E-state index in [2.05, 4.69) is 5.32 Å². The van der Waals surface area contributed by atoms with Gasteiger partial charge in [0, 0.05) is 40.2 Å². The number of hydrogen-bond acceptors (Lipinski definition) is 3. The fourth-order valence-electron chi connectivity index (χ4n) is 2.46. The number of benzene rings is 2. The number of aryl methyl sites for hydroxylation is 1. The van der Waals surface area contributed by atoms with E-state index in [9.17, 15) is 9.59 Å². The second kappa shape index (κ2) is 5.89. The standard InChI is InChI=1S/C18H14ClNO3/c1-10-15-8-7-14(20-11(2)21)9-16(15)23-18(10)17(22)12-3-5-13(19)6-4-12/h3-9H,1-2H3,(H,20,21). The maximum absolute atomic E-state index is 12.6. The van der Waals surface area contributed by atoms with Crippen LogP contribution in [0.5, 0.6) is 0 Å². The SMILES string of the molecule is CC(=O)Nc1ccc2c(C)c(C(=O)c3ccc(Cl)cc3)oc2c1. The Morgan fingerprint density at radius 3 is 2.43 bits per heavy atom. The van der Waals surface area contributed by atoms with Crippen molar-refractivity contribution in [2.24, 2.45) is 0 Å². The molecule has 5 heteroatoms. The monoisotopic (exact) mass is 327 g/mol. The van der Waals surface area contributed by atoms with Crippen molar-refractivity contribution in [3.63, 3.8) is 0 Å². The molecule has 3 rings (SSSR count). The van der Waals surface area contributed by atoms with Gasteiger partial charge in [-0.2, -0.15) is 0 Å². The van der Waals surface area contributed by atoms with Crippen LogP contribution in [0.3, 0.4) is 0 Å². The Morgan fingerprint density at radius 2 is 1.78 bits per heavy atom. The lowest BCUT2D eigenvalue weighted by atomic mass is 10.0. The largest absolute Gasteiger partial charge is 0.452 e. The Hall–Kier alpha value is -2.59.